The molecule has 0 saturated carbocycles. The molecule has 2 rings (SSSR count). The van der Waals surface area contributed by atoms with Crippen molar-refractivity contribution in [2.75, 3.05) is 0 Å². The van der Waals surface area contributed by atoms with Gasteiger partial charge in [-0.15, -0.1) is 0 Å². The van der Waals surface area contributed by atoms with Gasteiger partial charge in [0, 0.05) is 11.9 Å². The first kappa shape index (κ1) is 11.1. The van der Waals surface area contributed by atoms with Gasteiger partial charge in [0.05, 0.1) is 10.7 Å². The van der Waals surface area contributed by atoms with E-state index in [4.69, 9.17) is 11.6 Å². The third-order valence-corrected chi connectivity index (χ3v) is 2.85. The van der Waals surface area contributed by atoms with Gasteiger partial charge in [0.2, 0.25) is 0 Å². The van der Waals surface area contributed by atoms with E-state index in [-0.39, 0.29) is 10.8 Å². The zero-order chi connectivity index (χ0) is 11.9. The second-order valence-electron chi connectivity index (χ2n) is 3.67. The van der Waals surface area contributed by atoms with E-state index in [0.29, 0.717) is 0 Å². The van der Waals surface area contributed by atoms with Crippen molar-refractivity contribution in [3.05, 3.63) is 40.1 Å². The molecule has 0 bridgehead atoms. The molecule has 0 atom stereocenters. The lowest BCUT2D eigenvalue weighted by Crippen LogP contribution is -2.04. The van der Waals surface area contributed by atoms with Crippen LogP contribution in [0.4, 0.5) is 4.39 Å². The normalized spacial score (nSPS) is 10.8. The standard InChI is InChI=1S/C11H11ClFN3/c1-6-7(2)15-16(8(6)3)11-10(13)4-9(12)5-14-11/h4-5H,1-3H3. The number of aromatic nitrogens is 3. The molecule has 0 saturated heterocycles. The van der Waals surface area contributed by atoms with Gasteiger partial charge in [-0.25, -0.2) is 14.1 Å². The van der Waals surface area contributed by atoms with Crippen molar-refractivity contribution in [2.45, 2.75) is 20.8 Å². The van der Waals surface area contributed by atoms with Gasteiger partial charge < -0.3 is 0 Å². The smallest absolute Gasteiger partial charge is 0.190 e. The number of hydrogen-bond acceptors (Lipinski definition) is 2. The second-order valence-corrected chi connectivity index (χ2v) is 4.10. The summed E-state index contributed by atoms with van der Waals surface area (Å²) in [6, 6.07) is 1.23. The van der Waals surface area contributed by atoms with Crippen LogP contribution in [0.1, 0.15) is 17.0 Å². The van der Waals surface area contributed by atoms with E-state index in [0.717, 1.165) is 17.0 Å². The number of aryl methyl sites for hydroxylation is 1. The lowest BCUT2D eigenvalue weighted by Gasteiger charge is -2.04. The molecule has 0 aliphatic heterocycles. The minimum absolute atomic E-state index is 0.179. The van der Waals surface area contributed by atoms with E-state index in [1.807, 2.05) is 20.8 Å². The topological polar surface area (TPSA) is 30.7 Å². The largest absolute Gasteiger partial charge is 0.233 e. The molecule has 0 N–H and O–H groups in total. The molecule has 5 heteroatoms. The molecule has 2 heterocycles. The minimum atomic E-state index is -0.474. The highest BCUT2D eigenvalue weighted by molar-refractivity contribution is 6.30. The molecule has 0 aliphatic carbocycles. The van der Waals surface area contributed by atoms with Crippen LogP contribution in [-0.2, 0) is 0 Å². The first-order chi connectivity index (χ1) is 7.50. The molecular weight excluding hydrogens is 229 g/mol. The zero-order valence-corrected chi connectivity index (χ0v) is 10.0. The third-order valence-electron chi connectivity index (χ3n) is 2.64. The highest BCUT2D eigenvalue weighted by Gasteiger charge is 2.13. The molecule has 2 aromatic heterocycles. The minimum Gasteiger partial charge on any atom is -0.233 e. The van der Waals surface area contributed by atoms with E-state index in [9.17, 15) is 4.39 Å². The summed E-state index contributed by atoms with van der Waals surface area (Å²) in [4.78, 5) is 3.96. The summed E-state index contributed by atoms with van der Waals surface area (Å²) in [6.07, 6.45) is 1.41. The Labute approximate surface area is 97.9 Å². The van der Waals surface area contributed by atoms with Gasteiger partial charge in [0.25, 0.3) is 0 Å². The molecular formula is C11H11ClFN3. The summed E-state index contributed by atoms with van der Waals surface area (Å²) in [5.41, 5.74) is 2.79. The summed E-state index contributed by atoms with van der Waals surface area (Å²) < 4.78 is 15.1. The number of nitrogens with zero attached hydrogens (tertiary/aromatic N) is 3. The quantitative estimate of drug-likeness (QED) is 0.766. The van der Waals surface area contributed by atoms with Crippen molar-refractivity contribution >= 4 is 11.6 Å². The molecule has 0 radical (unpaired) electrons. The maximum absolute atomic E-state index is 13.6. The van der Waals surface area contributed by atoms with Crippen LogP contribution < -0.4 is 0 Å². The Morgan fingerprint density at radius 1 is 1.31 bits per heavy atom. The lowest BCUT2D eigenvalue weighted by molar-refractivity contribution is 0.597. The van der Waals surface area contributed by atoms with Gasteiger partial charge in [0.15, 0.2) is 11.6 Å². The van der Waals surface area contributed by atoms with E-state index in [1.165, 1.54) is 16.9 Å². The Bertz CT molecular complexity index is 548. The van der Waals surface area contributed by atoms with E-state index in [2.05, 4.69) is 10.1 Å². The van der Waals surface area contributed by atoms with Crippen molar-refractivity contribution in [1.82, 2.24) is 14.8 Å². The Morgan fingerprint density at radius 3 is 2.50 bits per heavy atom. The molecule has 0 aromatic carbocycles. The predicted molar refractivity (Wildman–Crippen MR) is 60.5 cm³/mol. The lowest BCUT2D eigenvalue weighted by atomic mass is 10.2. The molecule has 0 fully saturated rings. The van der Waals surface area contributed by atoms with Crippen LogP contribution in [0, 0.1) is 26.6 Å². The fourth-order valence-corrected chi connectivity index (χ4v) is 1.63. The van der Waals surface area contributed by atoms with Gasteiger partial charge in [-0.3, -0.25) is 0 Å². The van der Waals surface area contributed by atoms with E-state index < -0.39 is 5.82 Å². The van der Waals surface area contributed by atoms with Gasteiger partial charge in [0.1, 0.15) is 0 Å². The number of rotatable bonds is 1. The van der Waals surface area contributed by atoms with Crippen LogP contribution in [0.2, 0.25) is 5.02 Å². The van der Waals surface area contributed by atoms with Crippen molar-refractivity contribution in [2.24, 2.45) is 0 Å². The van der Waals surface area contributed by atoms with Crippen molar-refractivity contribution in [3.8, 4) is 5.82 Å². The third kappa shape index (κ3) is 1.69. The highest BCUT2D eigenvalue weighted by Crippen LogP contribution is 2.19. The van der Waals surface area contributed by atoms with Gasteiger partial charge >= 0.3 is 0 Å². The Hall–Kier alpha value is -1.42. The molecule has 0 amide bonds. The molecule has 3 nitrogen and oxygen atoms in total. The summed E-state index contributed by atoms with van der Waals surface area (Å²) >= 11 is 5.65. The average Bonchev–Trinajstić information content (AvgIpc) is 2.46. The van der Waals surface area contributed by atoms with E-state index in [1.54, 1.807) is 0 Å². The first-order valence-electron chi connectivity index (χ1n) is 4.85. The van der Waals surface area contributed by atoms with Crippen molar-refractivity contribution in [3.63, 3.8) is 0 Å². The number of pyridine rings is 1. The second kappa shape index (κ2) is 3.87. The monoisotopic (exact) mass is 239 g/mol. The number of hydrogen-bond donors (Lipinski definition) is 0. The van der Waals surface area contributed by atoms with Gasteiger partial charge in [-0.1, -0.05) is 11.6 Å². The van der Waals surface area contributed by atoms with Crippen LogP contribution in [0.5, 0.6) is 0 Å². The van der Waals surface area contributed by atoms with Crippen LogP contribution >= 0.6 is 11.6 Å². The maximum Gasteiger partial charge on any atom is 0.190 e. The van der Waals surface area contributed by atoms with Gasteiger partial charge in [-0.05, 0) is 32.4 Å². The predicted octanol–water partition coefficient (Wildman–Crippen LogP) is 2.99. The van der Waals surface area contributed by atoms with E-state index >= 15 is 0 Å². The summed E-state index contributed by atoms with van der Waals surface area (Å²) in [6.45, 7) is 5.71. The summed E-state index contributed by atoms with van der Waals surface area (Å²) in [5.74, 6) is -0.295. The maximum atomic E-state index is 13.6. The SMILES string of the molecule is Cc1nn(-c2ncc(Cl)cc2F)c(C)c1C. The van der Waals surface area contributed by atoms with Crippen molar-refractivity contribution in [1.29, 1.82) is 0 Å². The summed E-state index contributed by atoms with van der Waals surface area (Å²) in [5, 5.41) is 4.52. The zero-order valence-electron chi connectivity index (χ0n) is 9.25. The van der Waals surface area contributed by atoms with Crippen LogP contribution in [0.25, 0.3) is 5.82 Å². The molecule has 84 valence electrons. The molecule has 16 heavy (non-hydrogen) atoms. The van der Waals surface area contributed by atoms with Crippen LogP contribution in [-0.4, -0.2) is 14.8 Å². The molecule has 0 unspecified atom stereocenters. The Kier molecular flexibility index (Phi) is 2.68. The highest BCUT2D eigenvalue weighted by atomic mass is 35.5. The average molecular weight is 240 g/mol. The Balaban J connectivity index is 2.63. The van der Waals surface area contributed by atoms with Crippen LogP contribution in [0.3, 0.4) is 0 Å². The number of halogens is 2. The fraction of sp³-hybridized carbons (Fsp3) is 0.273. The Morgan fingerprint density at radius 2 is 2.00 bits per heavy atom. The van der Waals surface area contributed by atoms with Crippen molar-refractivity contribution < 1.29 is 4.39 Å². The van der Waals surface area contributed by atoms with Gasteiger partial charge in [-0.2, -0.15) is 5.10 Å². The molecule has 0 aliphatic rings. The summed E-state index contributed by atoms with van der Waals surface area (Å²) in [7, 11) is 0. The molecule has 2 aromatic rings. The first-order valence-corrected chi connectivity index (χ1v) is 5.22. The van der Waals surface area contributed by atoms with Crippen LogP contribution in [0.15, 0.2) is 12.3 Å². The molecule has 0 spiro atoms. The fourth-order valence-electron chi connectivity index (χ4n) is 1.49.